The molecule has 0 fully saturated rings. The van der Waals surface area contributed by atoms with Gasteiger partial charge in [-0.3, -0.25) is 24.0 Å². The summed E-state index contributed by atoms with van der Waals surface area (Å²) in [6.45, 7) is 0.640. The predicted molar refractivity (Wildman–Crippen MR) is 123 cm³/mol. The summed E-state index contributed by atoms with van der Waals surface area (Å²) < 4.78 is 19.1. The second-order valence-electron chi connectivity index (χ2n) is 8.04. The smallest absolute Gasteiger partial charge is 0.375 e. The molecular formula is C23H22O18. The van der Waals surface area contributed by atoms with Crippen molar-refractivity contribution in [2.45, 2.75) is 37.9 Å². The van der Waals surface area contributed by atoms with Crippen molar-refractivity contribution in [3.63, 3.8) is 0 Å². The summed E-state index contributed by atoms with van der Waals surface area (Å²) in [4.78, 5) is 106. The molecule has 41 heavy (non-hydrogen) atoms. The van der Waals surface area contributed by atoms with Crippen LogP contribution in [0.3, 0.4) is 0 Å². The van der Waals surface area contributed by atoms with E-state index in [2.05, 4.69) is 4.74 Å². The van der Waals surface area contributed by atoms with Crippen LogP contribution in [-0.2, 0) is 47.8 Å². The third kappa shape index (κ3) is 9.30. The number of esters is 3. The van der Waals surface area contributed by atoms with Gasteiger partial charge in [0.1, 0.15) is 5.92 Å². The van der Waals surface area contributed by atoms with Crippen LogP contribution in [0.4, 0.5) is 0 Å². The van der Waals surface area contributed by atoms with E-state index in [9.17, 15) is 53.4 Å². The highest BCUT2D eigenvalue weighted by Crippen LogP contribution is 2.30. The van der Waals surface area contributed by atoms with Gasteiger partial charge in [-0.25, -0.2) is 19.2 Å². The fourth-order valence-corrected chi connectivity index (χ4v) is 3.10. The Kier molecular flexibility index (Phi) is 11.4. The van der Waals surface area contributed by atoms with E-state index in [0.29, 0.717) is 6.92 Å². The monoisotopic (exact) mass is 586 g/mol. The molecule has 1 rings (SSSR count). The number of hydrogen-bond donors (Lipinski definition) is 5. The largest absolute Gasteiger partial charge is 0.493 e. The minimum Gasteiger partial charge on any atom is -0.493 e. The number of rotatable bonds is 16. The zero-order chi connectivity index (χ0) is 31.7. The molecule has 0 bridgehead atoms. The van der Waals surface area contributed by atoms with Gasteiger partial charge >= 0.3 is 47.8 Å². The maximum atomic E-state index is 12.9. The number of carbonyl (C=O) groups excluding carboxylic acids is 4. The lowest BCUT2D eigenvalue weighted by molar-refractivity contribution is -0.191. The third-order valence-electron chi connectivity index (χ3n) is 5.02. The first-order chi connectivity index (χ1) is 18.9. The number of ketones is 1. The van der Waals surface area contributed by atoms with Gasteiger partial charge in [-0.1, -0.05) is 0 Å². The van der Waals surface area contributed by atoms with Gasteiger partial charge < -0.3 is 44.5 Å². The van der Waals surface area contributed by atoms with Crippen LogP contribution >= 0.6 is 0 Å². The Morgan fingerprint density at radius 1 is 0.854 bits per heavy atom. The molecule has 0 heterocycles. The number of carboxylic acid groups (broad SMARTS) is 5. The van der Waals surface area contributed by atoms with Crippen molar-refractivity contribution < 1.29 is 87.6 Å². The van der Waals surface area contributed by atoms with Crippen molar-refractivity contribution in [3.8, 4) is 11.5 Å². The average molecular weight is 586 g/mol. The maximum absolute atomic E-state index is 12.9. The average Bonchev–Trinajstić information content (AvgIpc) is 2.84. The quantitative estimate of drug-likeness (QED) is 0.0900. The fraction of sp³-hybridized carbons (Fsp3) is 0.348. The number of aromatic carboxylic acids is 1. The minimum absolute atomic E-state index is 0.331. The fourth-order valence-electron chi connectivity index (χ4n) is 3.10. The van der Waals surface area contributed by atoms with Gasteiger partial charge in [0, 0.05) is 6.92 Å². The topological polar surface area (TPSA) is 292 Å². The van der Waals surface area contributed by atoms with E-state index in [-0.39, 0.29) is 11.3 Å². The molecule has 0 aliphatic rings. The Labute approximate surface area is 228 Å². The number of ether oxygens (including phenoxy) is 4. The summed E-state index contributed by atoms with van der Waals surface area (Å²) in [6, 6.07) is 2.74. The summed E-state index contributed by atoms with van der Waals surface area (Å²) in [5.41, 5.74) is -3.61. The van der Waals surface area contributed by atoms with Gasteiger partial charge in [0.15, 0.2) is 11.5 Å². The second kappa shape index (κ2) is 14.0. The molecule has 3 unspecified atom stereocenters. The number of methoxy groups -OCH3 is 1. The molecule has 0 saturated heterocycles. The minimum atomic E-state index is -3.28. The SMILES string of the molecule is COc1cc(C(=O)O)ccc1OC(=O)C(OC(=O)CC(CC(=O)O)(OC(=O)C(C)=O)C(=O)O)C(CC(=O)O)C(=O)O. The lowest BCUT2D eigenvalue weighted by Gasteiger charge is -2.28. The standard InChI is InChI=1S/C23H22O18/c1-9(24)20(34)41-23(22(36)37,7-15(27)28)8-16(29)40-17(11(19(32)33)6-14(25)26)21(35)39-12-4-3-10(18(30)31)5-13(12)38-2/h3-5,11,17H,6-8H2,1-2H3,(H,25,26)(H,27,28)(H,30,31)(H,32,33)(H,36,37). The van der Waals surface area contributed by atoms with E-state index in [1.807, 2.05) is 0 Å². The molecule has 222 valence electrons. The summed E-state index contributed by atoms with van der Waals surface area (Å²) in [6.07, 6.45) is -7.28. The Balaban J connectivity index is 3.51. The normalized spacial score (nSPS) is 13.3. The van der Waals surface area contributed by atoms with Crippen molar-refractivity contribution in [2.24, 2.45) is 5.92 Å². The molecule has 18 heteroatoms. The zero-order valence-electron chi connectivity index (χ0n) is 21.1. The van der Waals surface area contributed by atoms with Crippen molar-refractivity contribution >= 4 is 53.5 Å². The van der Waals surface area contributed by atoms with Crippen molar-refractivity contribution in [3.05, 3.63) is 23.8 Å². The molecule has 0 aromatic heterocycles. The van der Waals surface area contributed by atoms with Gasteiger partial charge in [-0.2, -0.15) is 0 Å². The van der Waals surface area contributed by atoms with E-state index in [1.54, 1.807) is 0 Å². The molecule has 5 N–H and O–H groups in total. The van der Waals surface area contributed by atoms with Gasteiger partial charge in [-0.05, 0) is 18.2 Å². The Hall–Kier alpha value is -5.55. The highest BCUT2D eigenvalue weighted by molar-refractivity contribution is 6.33. The van der Waals surface area contributed by atoms with Gasteiger partial charge in [0.2, 0.25) is 17.5 Å². The maximum Gasteiger partial charge on any atom is 0.375 e. The van der Waals surface area contributed by atoms with Crippen LogP contribution in [0.5, 0.6) is 11.5 Å². The highest BCUT2D eigenvalue weighted by Gasteiger charge is 2.50. The van der Waals surface area contributed by atoms with Crippen LogP contribution in [0.1, 0.15) is 36.5 Å². The Morgan fingerprint density at radius 3 is 1.90 bits per heavy atom. The number of hydrogen-bond acceptors (Lipinski definition) is 13. The molecule has 0 aliphatic carbocycles. The van der Waals surface area contributed by atoms with Crippen LogP contribution in [0.25, 0.3) is 0 Å². The molecule has 0 radical (unpaired) electrons. The van der Waals surface area contributed by atoms with Crippen LogP contribution < -0.4 is 9.47 Å². The highest BCUT2D eigenvalue weighted by atomic mass is 16.6. The van der Waals surface area contributed by atoms with Crippen LogP contribution in [0.2, 0.25) is 0 Å². The Bertz CT molecular complexity index is 1280. The van der Waals surface area contributed by atoms with Crippen molar-refractivity contribution in [2.75, 3.05) is 7.11 Å². The van der Waals surface area contributed by atoms with E-state index < -0.39 is 96.2 Å². The number of benzene rings is 1. The lowest BCUT2D eigenvalue weighted by atomic mass is 9.94. The number of Topliss-reactive ketones (excluding diaryl/α,β-unsaturated/α-hetero) is 1. The number of carbonyl (C=O) groups is 9. The second-order valence-corrected chi connectivity index (χ2v) is 8.04. The lowest BCUT2D eigenvalue weighted by Crippen LogP contribution is -2.49. The predicted octanol–water partition coefficient (Wildman–Crippen LogP) is -0.793. The first-order valence-corrected chi connectivity index (χ1v) is 10.9. The molecule has 0 amide bonds. The first-order valence-electron chi connectivity index (χ1n) is 10.9. The van der Waals surface area contributed by atoms with Gasteiger partial charge in [0.25, 0.3) is 0 Å². The van der Waals surface area contributed by atoms with E-state index >= 15 is 0 Å². The van der Waals surface area contributed by atoms with Crippen LogP contribution in [-0.4, -0.2) is 97.9 Å². The molecular weight excluding hydrogens is 564 g/mol. The molecule has 0 saturated carbocycles. The van der Waals surface area contributed by atoms with Crippen LogP contribution in [0.15, 0.2) is 18.2 Å². The first kappa shape index (κ1) is 33.5. The number of carboxylic acids is 5. The number of aliphatic carboxylic acids is 4. The third-order valence-corrected chi connectivity index (χ3v) is 5.02. The van der Waals surface area contributed by atoms with E-state index in [0.717, 1.165) is 25.3 Å². The summed E-state index contributed by atoms with van der Waals surface area (Å²) in [5, 5.41) is 46.3. The van der Waals surface area contributed by atoms with Gasteiger partial charge in [0.05, 0.1) is 31.9 Å². The molecule has 1 aromatic rings. The Morgan fingerprint density at radius 2 is 1.46 bits per heavy atom. The zero-order valence-corrected chi connectivity index (χ0v) is 21.1. The van der Waals surface area contributed by atoms with E-state index in [4.69, 9.17) is 29.5 Å². The molecule has 18 nitrogen and oxygen atoms in total. The van der Waals surface area contributed by atoms with E-state index in [1.165, 1.54) is 0 Å². The molecule has 0 aliphatic heterocycles. The van der Waals surface area contributed by atoms with Crippen molar-refractivity contribution in [1.29, 1.82) is 0 Å². The molecule has 1 aromatic carbocycles. The summed E-state index contributed by atoms with van der Waals surface area (Å²) in [7, 11) is 1.04. The molecule has 0 spiro atoms. The van der Waals surface area contributed by atoms with Crippen LogP contribution in [0, 0.1) is 5.92 Å². The van der Waals surface area contributed by atoms with Crippen molar-refractivity contribution in [1.82, 2.24) is 0 Å². The summed E-state index contributed by atoms with van der Waals surface area (Å²) >= 11 is 0. The molecule has 3 atom stereocenters. The van der Waals surface area contributed by atoms with Gasteiger partial charge in [-0.15, -0.1) is 0 Å². The summed E-state index contributed by atoms with van der Waals surface area (Å²) in [5.74, 6) is -19.5.